The van der Waals surface area contributed by atoms with Gasteiger partial charge in [-0.3, -0.25) is 24.0 Å². The van der Waals surface area contributed by atoms with Crippen LogP contribution in [-0.2, 0) is 47.0 Å². The Hall–Kier alpha value is -4.21. The van der Waals surface area contributed by atoms with Crippen molar-refractivity contribution in [1.29, 1.82) is 0 Å². The Kier molecular flexibility index (Phi) is 11.2. The number of amides is 5. The summed E-state index contributed by atoms with van der Waals surface area (Å²) in [5, 5.41) is 5.54. The van der Waals surface area contributed by atoms with Crippen LogP contribution in [0.4, 0.5) is 14.0 Å². The maximum absolute atomic E-state index is 14.5. The average Bonchev–Trinajstić information content (AvgIpc) is 3.84. The van der Waals surface area contributed by atoms with Gasteiger partial charge in [0.2, 0.25) is 21.8 Å². The number of alkyl carbamates (subject to hydrolysis) is 1. The monoisotopic (exact) mass is 785 g/mol. The second kappa shape index (κ2) is 15.7. The third-order valence-corrected chi connectivity index (χ3v) is 14.7. The zero-order chi connectivity index (χ0) is 39.0. The fraction of sp³-hybridized carbons (Fsp3) is 0.667. The van der Waals surface area contributed by atoms with Crippen LogP contribution >= 0.6 is 0 Å². The summed E-state index contributed by atoms with van der Waals surface area (Å²) < 4.78 is 54.4. The lowest BCUT2D eigenvalue weighted by Gasteiger charge is -2.30. The van der Waals surface area contributed by atoms with Gasteiger partial charge in [-0.2, -0.15) is 0 Å². The first kappa shape index (κ1) is 39.0. The van der Waals surface area contributed by atoms with Gasteiger partial charge in [0.25, 0.3) is 5.91 Å². The molecule has 3 N–H and O–H groups in total. The molecule has 16 heteroatoms. The second-order valence-corrected chi connectivity index (χ2v) is 18.4. The van der Waals surface area contributed by atoms with Crippen molar-refractivity contribution in [3.05, 3.63) is 47.8 Å². The summed E-state index contributed by atoms with van der Waals surface area (Å²) >= 11 is 0. The molecule has 3 aliphatic heterocycles. The van der Waals surface area contributed by atoms with Crippen molar-refractivity contribution in [1.82, 2.24) is 25.2 Å². The molecular formula is C39H52FN5O9S. The summed E-state index contributed by atoms with van der Waals surface area (Å²) in [5.74, 6) is -3.15. The number of nitrogens with one attached hydrogen (secondary N) is 3. The van der Waals surface area contributed by atoms with Crippen molar-refractivity contribution in [2.75, 3.05) is 6.54 Å². The van der Waals surface area contributed by atoms with E-state index in [-0.39, 0.29) is 45.0 Å². The number of ether oxygens (including phenoxy) is 2. The van der Waals surface area contributed by atoms with Crippen molar-refractivity contribution in [3.63, 3.8) is 0 Å². The van der Waals surface area contributed by atoms with Crippen LogP contribution in [0.25, 0.3) is 0 Å². The summed E-state index contributed by atoms with van der Waals surface area (Å²) in [5.41, 5.74) is -0.562. The van der Waals surface area contributed by atoms with Gasteiger partial charge in [0.15, 0.2) is 0 Å². The Labute approximate surface area is 321 Å². The molecule has 300 valence electrons. The molecule has 7 rings (SSSR count). The molecule has 5 fully saturated rings. The molecule has 6 aliphatic rings. The first-order valence-corrected chi connectivity index (χ1v) is 21.3. The lowest BCUT2D eigenvalue weighted by molar-refractivity contribution is -0.141. The molecule has 2 spiro atoms. The summed E-state index contributed by atoms with van der Waals surface area (Å²) in [7, 11) is -4.06. The molecule has 0 bridgehead atoms. The number of sulfonamides is 1. The second-order valence-electron chi connectivity index (χ2n) is 16.3. The van der Waals surface area contributed by atoms with E-state index in [4.69, 9.17) is 9.47 Å². The molecule has 5 atom stereocenters. The third-order valence-electron chi connectivity index (χ3n) is 12.5. The lowest BCUT2D eigenvalue weighted by atomic mass is 10.0. The van der Waals surface area contributed by atoms with Crippen molar-refractivity contribution in [2.45, 2.75) is 150 Å². The molecule has 3 heterocycles. The Morgan fingerprint density at radius 2 is 1.64 bits per heavy atom. The number of fused-ring (bicyclic) bond motifs is 2. The molecule has 0 radical (unpaired) electrons. The number of rotatable bonds is 4. The molecule has 2 saturated heterocycles. The molecule has 0 unspecified atom stereocenters. The summed E-state index contributed by atoms with van der Waals surface area (Å²) in [4.78, 5) is 71.8. The van der Waals surface area contributed by atoms with E-state index in [1.165, 1.54) is 21.9 Å². The van der Waals surface area contributed by atoms with E-state index >= 15 is 0 Å². The van der Waals surface area contributed by atoms with Gasteiger partial charge in [0.05, 0.1) is 17.8 Å². The zero-order valence-corrected chi connectivity index (χ0v) is 32.0. The normalized spacial score (nSPS) is 31.0. The van der Waals surface area contributed by atoms with Crippen LogP contribution in [0.1, 0.15) is 114 Å². The van der Waals surface area contributed by atoms with E-state index in [1.807, 2.05) is 0 Å². The molecule has 0 aromatic heterocycles. The van der Waals surface area contributed by atoms with Gasteiger partial charge in [0, 0.05) is 24.4 Å². The Bertz CT molecular complexity index is 1820. The van der Waals surface area contributed by atoms with Crippen LogP contribution in [0.5, 0.6) is 0 Å². The highest BCUT2D eigenvalue weighted by molar-refractivity contribution is 7.91. The standard InChI is InChI=1S/C39H52FN5O9S/c1-2-26-21-39(26)35(48)43-55(51,52)38(18-19-38)17-10-6-4-3-5-7-16-31(41-36(49)53-27-13-8-9-14-27)34(47)45-23-28(20-32(45)33(46)42-39)54-37(50)44-22-25-12-11-15-30(40)29(25)24-44/h2,11-12,15,26-28,31-32H,1,3-10,13-14,16-24H2,(H,41,49)(H,42,46)(H,43,48)/t26-,28-,31+,32+,39-/m1/s1. The molecular weight excluding hydrogens is 734 g/mol. The van der Waals surface area contributed by atoms with Crippen LogP contribution < -0.4 is 15.4 Å². The van der Waals surface area contributed by atoms with Gasteiger partial charge in [0.1, 0.15) is 35.6 Å². The van der Waals surface area contributed by atoms with Crippen LogP contribution in [0.15, 0.2) is 30.9 Å². The maximum Gasteiger partial charge on any atom is 0.410 e. The van der Waals surface area contributed by atoms with Gasteiger partial charge in [-0.05, 0) is 69.4 Å². The van der Waals surface area contributed by atoms with E-state index < -0.39 is 80.1 Å². The van der Waals surface area contributed by atoms with Gasteiger partial charge >= 0.3 is 12.2 Å². The van der Waals surface area contributed by atoms with E-state index in [0.717, 1.165) is 51.4 Å². The van der Waals surface area contributed by atoms with Gasteiger partial charge in [-0.15, -0.1) is 6.58 Å². The quantitative estimate of drug-likeness (QED) is 0.372. The molecule has 1 aromatic rings. The number of benzene rings is 1. The third kappa shape index (κ3) is 8.20. The smallest absolute Gasteiger partial charge is 0.410 e. The highest BCUT2D eigenvalue weighted by atomic mass is 32.2. The minimum Gasteiger partial charge on any atom is -0.446 e. The van der Waals surface area contributed by atoms with Crippen molar-refractivity contribution in [3.8, 4) is 0 Å². The van der Waals surface area contributed by atoms with E-state index in [2.05, 4.69) is 21.9 Å². The number of hydrogen-bond donors (Lipinski definition) is 3. The number of carbonyl (C=O) groups excluding carboxylic acids is 5. The van der Waals surface area contributed by atoms with Crippen molar-refractivity contribution >= 4 is 39.9 Å². The summed E-state index contributed by atoms with van der Waals surface area (Å²) in [6, 6.07) is 2.34. The number of nitrogens with zero attached hydrogens (tertiary/aromatic N) is 2. The van der Waals surface area contributed by atoms with Crippen LogP contribution in [-0.4, -0.2) is 89.2 Å². The number of hydrogen-bond acceptors (Lipinski definition) is 9. The summed E-state index contributed by atoms with van der Waals surface area (Å²) in [6.45, 7) is 3.73. The Morgan fingerprint density at radius 3 is 2.33 bits per heavy atom. The van der Waals surface area contributed by atoms with Gasteiger partial charge in [-0.1, -0.05) is 56.7 Å². The fourth-order valence-corrected chi connectivity index (χ4v) is 10.5. The largest absolute Gasteiger partial charge is 0.446 e. The van der Waals surface area contributed by atoms with Crippen molar-refractivity contribution in [2.24, 2.45) is 5.92 Å². The van der Waals surface area contributed by atoms with Crippen LogP contribution in [0.2, 0.25) is 0 Å². The Morgan fingerprint density at radius 1 is 0.927 bits per heavy atom. The first-order chi connectivity index (χ1) is 26.3. The van der Waals surface area contributed by atoms with E-state index in [1.54, 1.807) is 12.1 Å². The Balaban J connectivity index is 1.14. The fourth-order valence-electron chi connectivity index (χ4n) is 8.85. The molecule has 1 aromatic carbocycles. The van der Waals surface area contributed by atoms with Crippen LogP contribution in [0.3, 0.4) is 0 Å². The van der Waals surface area contributed by atoms with Crippen molar-refractivity contribution < 1.29 is 46.3 Å². The first-order valence-electron chi connectivity index (χ1n) is 19.9. The predicted octanol–water partition coefficient (Wildman–Crippen LogP) is 4.46. The highest BCUT2D eigenvalue weighted by Gasteiger charge is 2.63. The molecule has 3 aliphatic carbocycles. The van der Waals surface area contributed by atoms with E-state index in [0.29, 0.717) is 43.2 Å². The average molecular weight is 786 g/mol. The topological polar surface area (TPSA) is 181 Å². The minimum atomic E-state index is -4.06. The zero-order valence-electron chi connectivity index (χ0n) is 31.2. The molecule has 55 heavy (non-hydrogen) atoms. The summed E-state index contributed by atoms with van der Waals surface area (Å²) in [6.07, 6.45) is 8.35. The maximum atomic E-state index is 14.5. The minimum absolute atomic E-state index is 0.0000138. The van der Waals surface area contributed by atoms with E-state index in [9.17, 15) is 36.8 Å². The van der Waals surface area contributed by atoms with Crippen LogP contribution in [0, 0.1) is 11.7 Å². The number of halogens is 1. The molecule has 5 amide bonds. The van der Waals surface area contributed by atoms with Gasteiger partial charge < -0.3 is 25.0 Å². The molecule has 3 saturated carbocycles. The van der Waals surface area contributed by atoms with Gasteiger partial charge in [-0.25, -0.2) is 22.4 Å². The lowest BCUT2D eigenvalue weighted by Crippen LogP contribution is -2.58. The SMILES string of the molecule is C=C[C@@H]1C[C@@]12NC(=O)[C@@H]1C[C@@H](OC(=O)N3Cc4cccc(F)c4C3)CN1C(=O)[C@@H](NC(=O)OC1CCCC1)CCCCCCCCC1(CC1)S(=O)(=O)NC2=O. The predicted molar refractivity (Wildman–Crippen MR) is 197 cm³/mol. The highest BCUT2D eigenvalue weighted by Crippen LogP contribution is 2.49. The number of carbonyl (C=O) groups is 5. The molecule has 14 nitrogen and oxygen atoms in total.